The van der Waals surface area contributed by atoms with Gasteiger partial charge in [-0.15, -0.1) is 0 Å². The summed E-state index contributed by atoms with van der Waals surface area (Å²) in [5.74, 6) is -0.909. The molecule has 16 heteroatoms. The molecule has 6 amide bonds. The van der Waals surface area contributed by atoms with E-state index in [9.17, 15) is 28.8 Å². The van der Waals surface area contributed by atoms with E-state index in [4.69, 9.17) is 14.2 Å². The minimum atomic E-state index is -1.05. The number of urea groups is 1. The maximum Gasteiger partial charge on any atom is 0.317 e. The number of aromatic nitrogens is 1. The Hall–Kier alpha value is -5.74. The second-order valence-electron chi connectivity index (χ2n) is 13.6. The molecule has 0 radical (unpaired) electrons. The van der Waals surface area contributed by atoms with Gasteiger partial charge in [-0.1, -0.05) is 6.07 Å². The zero-order valence-electron chi connectivity index (χ0n) is 31.1. The first-order valence-corrected chi connectivity index (χ1v) is 17.7. The third-order valence-corrected chi connectivity index (χ3v) is 9.80. The molecule has 1 unspecified atom stereocenters. The molecule has 3 aliphatic rings. The molecule has 6 rings (SSSR count). The van der Waals surface area contributed by atoms with Gasteiger partial charge in [0, 0.05) is 62.7 Å². The monoisotopic (exact) mass is 743 g/mol. The lowest BCUT2D eigenvalue weighted by molar-refractivity contribution is -0.136. The van der Waals surface area contributed by atoms with Crippen molar-refractivity contribution in [1.82, 2.24) is 29.9 Å². The number of hydrogen-bond donors (Lipinski definition) is 3. The van der Waals surface area contributed by atoms with Crippen LogP contribution in [0.1, 0.15) is 50.2 Å². The third kappa shape index (κ3) is 7.52. The Morgan fingerprint density at radius 3 is 2.35 bits per heavy atom. The quantitative estimate of drug-likeness (QED) is 0.171. The summed E-state index contributed by atoms with van der Waals surface area (Å²) in [6.07, 6.45) is 2.43. The summed E-state index contributed by atoms with van der Waals surface area (Å²) in [6.45, 7) is 2.18. The molecule has 2 aromatic carbocycles. The first-order valence-electron chi connectivity index (χ1n) is 17.7. The third-order valence-electron chi connectivity index (χ3n) is 9.80. The number of pyridine rings is 1. The van der Waals surface area contributed by atoms with Crippen molar-refractivity contribution < 1.29 is 38.2 Å². The zero-order valence-corrected chi connectivity index (χ0v) is 31.1. The van der Waals surface area contributed by atoms with Crippen LogP contribution in [0.5, 0.6) is 11.5 Å². The van der Waals surface area contributed by atoms with Crippen LogP contribution in [0.2, 0.25) is 0 Å². The number of amides is 6. The van der Waals surface area contributed by atoms with Crippen molar-refractivity contribution in [2.75, 3.05) is 66.5 Å². The lowest BCUT2D eigenvalue weighted by Gasteiger charge is -2.30. The van der Waals surface area contributed by atoms with E-state index in [1.165, 1.54) is 10.6 Å². The number of piperidine rings is 1. The highest BCUT2D eigenvalue weighted by Gasteiger charge is 2.45. The van der Waals surface area contributed by atoms with E-state index >= 15 is 0 Å². The molecule has 0 spiro atoms. The number of nitrogens with one attached hydrogen (secondary N) is 3. The number of nitrogens with zero attached hydrogens (tertiary/aromatic N) is 4. The van der Waals surface area contributed by atoms with Gasteiger partial charge in [-0.3, -0.25) is 34.2 Å². The van der Waals surface area contributed by atoms with Crippen LogP contribution in [0, 0.1) is 0 Å². The number of carbonyl (C=O) groups excluding carboxylic acids is 5. The predicted molar refractivity (Wildman–Crippen MR) is 198 cm³/mol. The molecule has 3 aliphatic heterocycles. The molecule has 0 aliphatic carbocycles. The average Bonchev–Trinajstić information content (AvgIpc) is 3.41. The van der Waals surface area contributed by atoms with Gasteiger partial charge in [0.15, 0.2) is 0 Å². The number of benzene rings is 2. The Morgan fingerprint density at radius 1 is 0.944 bits per heavy atom. The lowest BCUT2D eigenvalue weighted by Crippen LogP contribution is -2.54. The maximum absolute atomic E-state index is 13.3. The van der Waals surface area contributed by atoms with E-state index in [1.807, 2.05) is 37.3 Å². The average molecular weight is 744 g/mol. The molecule has 3 aromatic rings. The predicted octanol–water partition coefficient (Wildman–Crippen LogP) is 1.73. The highest BCUT2D eigenvalue weighted by Crippen LogP contribution is 2.38. The van der Waals surface area contributed by atoms with E-state index < -0.39 is 29.7 Å². The van der Waals surface area contributed by atoms with Crippen molar-refractivity contribution in [2.24, 2.45) is 7.05 Å². The molecule has 0 bridgehead atoms. The van der Waals surface area contributed by atoms with Gasteiger partial charge in [0.05, 0.1) is 50.7 Å². The van der Waals surface area contributed by atoms with Crippen molar-refractivity contribution in [3.05, 3.63) is 74.7 Å². The summed E-state index contributed by atoms with van der Waals surface area (Å²) in [4.78, 5) is 81.4. The number of ether oxygens (including phenoxy) is 3. The van der Waals surface area contributed by atoms with Crippen LogP contribution in [-0.4, -0.2) is 116 Å². The molecule has 16 nitrogen and oxygen atoms in total. The minimum Gasteiger partial charge on any atom is -0.496 e. The summed E-state index contributed by atoms with van der Waals surface area (Å²) in [5, 5.41) is 8.18. The normalized spacial score (nSPS) is 16.7. The molecular formula is C38H45N7O9. The number of fused-ring (bicyclic) bond motifs is 2. The van der Waals surface area contributed by atoms with Crippen molar-refractivity contribution in [2.45, 2.75) is 38.4 Å². The second kappa shape index (κ2) is 16.1. The van der Waals surface area contributed by atoms with Crippen LogP contribution in [0.25, 0.3) is 11.1 Å². The van der Waals surface area contributed by atoms with E-state index in [1.54, 1.807) is 38.3 Å². The molecule has 1 aromatic heterocycles. The van der Waals surface area contributed by atoms with Crippen LogP contribution in [0.15, 0.2) is 41.3 Å². The number of carbonyl (C=O) groups is 5. The van der Waals surface area contributed by atoms with E-state index in [2.05, 4.69) is 16.0 Å². The second-order valence-corrected chi connectivity index (χ2v) is 13.6. The molecule has 54 heavy (non-hydrogen) atoms. The molecule has 1 saturated heterocycles. The first kappa shape index (κ1) is 38.0. The van der Waals surface area contributed by atoms with Gasteiger partial charge in [0.25, 0.3) is 17.4 Å². The van der Waals surface area contributed by atoms with E-state index in [0.717, 1.165) is 27.2 Å². The zero-order chi connectivity index (χ0) is 38.7. The maximum atomic E-state index is 13.3. The van der Waals surface area contributed by atoms with Crippen molar-refractivity contribution in [3.63, 3.8) is 0 Å². The van der Waals surface area contributed by atoms with Gasteiger partial charge < -0.3 is 39.2 Å². The number of methoxy groups -OCH3 is 2. The molecular weight excluding hydrogens is 698 g/mol. The number of aryl methyl sites for hydroxylation is 1. The summed E-state index contributed by atoms with van der Waals surface area (Å²) >= 11 is 0. The molecule has 1 fully saturated rings. The van der Waals surface area contributed by atoms with E-state index in [0.29, 0.717) is 48.8 Å². The van der Waals surface area contributed by atoms with Gasteiger partial charge in [0.1, 0.15) is 17.5 Å². The molecule has 3 N–H and O–H groups in total. The number of rotatable bonds is 13. The van der Waals surface area contributed by atoms with Gasteiger partial charge in [-0.05, 0) is 62.3 Å². The summed E-state index contributed by atoms with van der Waals surface area (Å²) in [5.41, 5.74) is 4.72. The van der Waals surface area contributed by atoms with Crippen LogP contribution in [0.3, 0.4) is 0 Å². The standard InChI is InChI=1S/C38H45N7O9/c1-42(2)19-27-30(52-4)17-22(18-31(27)53-5)25-20-43(3)35(48)26-21-44(14-11-23(25)26)38(51)40-13-16-54-15-12-39-28-8-6-7-24-33(28)37(50)45(36(24)49)29-9-10-32(46)41-34(29)47/h6-8,17-18,20,29,39H,9-16,19,21H2,1-5H3,(H,40,51)(H,41,46,47). The topological polar surface area (TPSA) is 181 Å². The highest BCUT2D eigenvalue weighted by molar-refractivity contribution is 6.25. The van der Waals surface area contributed by atoms with Crippen LogP contribution in [-0.2, 0) is 40.9 Å². The number of imide groups is 2. The van der Waals surface area contributed by atoms with Crippen LogP contribution in [0.4, 0.5) is 10.5 Å². The smallest absolute Gasteiger partial charge is 0.317 e. The summed E-state index contributed by atoms with van der Waals surface area (Å²) < 4.78 is 18.7. The van der Waals surface area contributed by atoms with Gasteiger partial charge >= 0.3 is 6.03 Å². The first-order chi connectivity index (χ1) is 25.9. The van der Waals surface area contributed by atoms with E-state index in [-0.39, 0.29) is 61.9 Å². The van der Waals surface area contributed by atoms with Gasteiger partial charge in [-0.2, -0.15) is 0 Å². The fraction of sp³-hybridized carbons (Fsp3) is 0.421. The van der Waals surface area contributed by atoms with Crippen molar-refractivity contribution in [1.29, 1.82) is 0 Å². The summed E-state index contributed by atoms with van der Waals surface area (Å²) in [7, 11) is 8.89. The Bertz CT molecular complexity index is 2040. The van der Waals surface area contributed by atoms with Gasteiger partial charge in [-0.25, -0.2) is 4.79 Å². The molecule has 1 atom stereocenters. The summed E-state index contributed by atoms with van der Waals surface area (Å²) in [6, 6.07) is 7.40. The Balaban J connectivity index is 1.02. The fourth-order valence-electron chi connectivity index (χ4n) is 7.20. The highest BCUT2D eigenvalue weighted by atomic mass is 16.5. The van der Waals surface area contributed by atoms with Crippen LogP contribution < -0.4 is 31.0 Å². The number of hydrogen-bond acceptors (Lipinski definition) is 11. The lowest BCUT2D eigenvalue weighted by atomic mass is 9.91. The van der Waals surface area contributed by atoms with Crippen molar-refractivity contribution >= 4 is 35.3 Å². The fourth-order valence-corrected chi connectivity index (χ4v) is 7.20. The molecule has 286 valence electrons. The Kier molecular flexibility index (Phi) is 11.3. The molecule has 0 saturated carbocycles. The molecule has 4 heterocycles. The largest absolute Gasteiger partial charge is 0.496 e. The SMILES string of the molecule is COc1cc(-c2cn(C)c(=O)c3c2CCN(C(=O)NCCOCCNc2cccc4c2C(=O)N(C2CCC(=O)NC2=O)C4=O)C3)cc(OC)c1CN(C)C. The van der Waals surface area contributed by atoms with Crippen molar-refractivity contribution in [3.8, 4) is 22.6 Å². The Morgan fingerprint density at radius 2 is 1.67 bits per heavy atom. The van der Waals surface area contributed by atoms with Crippen LogP contribution >= 0.6 is 0 Å². The van der Waals surface area contributed by atoms with Gasteiger partial charge in [0.2, 0.25) is 11.8 Å². The minimum absolute atomic E-state index is 0.0410. The number of anilines is 1. The Labute approximate surface area is 312 Å².